The Hall–Kier alpha value is -1.13. The zero-order valence-electron chi connectivity index (χ0n) is 11.2. The van der Waals surface area contributed by atoms with Crippen LogP contribution in [0.5, 0.6) is 5.88 Å². The van der Waals surface area contributed by atoms with Crippen molar-refractivity contribution in [1.82, 2.24) is 4.98 Å². The van der Waals surface area contributed by atoms with Crippen molar-refractivity contribution in [3.05, 3.63) is 23.9 Å². The minimum absolute atomic E-state index is 0.259. The highest BCUT2D eigenvalue weighted by atomic mass is 16.5. The molecule has 2 unspecified atom stereocenters. The van der Waals surface area contributed by atoms with Gasteiger partial charge in [-0.2, -0.15) is 0 Å². The SMILES string of the molecule is COCCCOc1ncccc1C1(N)CCC1C. The summed E-state index contributed by atoms with van der Waals surface area (Å²) in [6, 6.07) is 3.96. The lowest BCUT2D eigenvalue weighted by atomic mass is 9.65. The highest BCUT2D eigenvalue weighted by Gasteiger charge is 2.43. The maximum Gasteiger partial charge on any atom is 0.218 e. The van der Waals surface area contributed by atoms with Gasteiger partial charge < -0.3 is 15.2 Å². The monoisotopic (exact) mass is 250 g/mol. The number of rotatable bonds is 6. The largest absolute Gasteiger partial charge is 0.477 e. The summed E-state index contributed by atoms with van der Waals surface area (Å²) in [6.07, 6.45) is 4.80. The molecule has 0 amide bonds. The molecule has 4 nitrogen and oxygen atoms in total. The van der Waals surface area contributed by atoms with Crippen molar-refractivity contribution in [3.63, 3.8) is 0 Å². The molecule has 2 atom stereocenters. The van der Waals surface area contributed by atoms with E-state index in [1.165, 1.54) is 6.42 Å². The van der Waals surface area contributed by atoms with Crippen molar-refractivity contribution >= 4 is 0 Å². The highest BCUT2D eigenvalue weighted by Crippen LogP contribution is 2.46. The Morgan fingerprint density at radius 1 is 1.50 bits per heavy atom. The first-order chi connectivity index (χ1) is 8.68. The fraction of sp³-hybridized carbons (Fsp3) is 0.643. The summed E-state index contributed by atoms with van der Waals surface area (Å²) in [4.78, 5) is 4.32. The molecule has 1 aromatic rings. The van der Waals surface area contributed by atoms with Gasteiger partial charge in [0, 0.05) is 37.4 Å². The molecule has 0 saturated heterocycles. The molecule has 1 fully saturated rings. The molecule has 1 heterocycles. The van der Waals surface area contributed by atoms with Crippen molar-refractivity contribution < 1.29 is 9.47 Å². The average molecular weight is 250 g/mol. The molecule has 1 saturated carbocycles. The van der Waals surface area contributed by atoms with Gasteiger partial charge in [-0.1, -0.05) is 13.0 Å². The van der Waals surface area contributed by atoms with Gasteiger partial charge in [0.1, 0.15) is 0 Å². The fourth-order valence-corrected chi connectivity index (χ4v) is 2.38. The van der Waals surface area contributed by atoms with Crippen LogP contribution in [0.15, 0.2) is 18.3 Å². The quantitative estimate of drug-likeness (QED) is 0.785. The highest BCUT2D eigenvalue weighted by molar-refractivity contribution is 5.35. The first kappa shape index (κ1) is 13.3. The summed E-state index contributed by atoms with van der Waals surface area (Å²) >= 11 is 0. The molecule has 0 spiro atoms. The van der Waals surface area contributed by atoms with Crippen LogP contribution in [-0.4, -0.2) is 25.3 Å². The van der Waals surface area contributed by atoms with E-state index in [0.29, 0.717) is 25.0 Å². The summed E-state index contributed by atoms with van der Waals surface area (Å²) in [5.74, 6) is 1.17. The molecule has 4 heteroatoms. The van der Waals surface area contributed by atoms with Gasteiger partial charge in [0.25, 0.3) is 0 Å². The molecule has 0 bridgehead atoms. The number of methoxy groups -OCH3 is 1. The van der Waals surface area contributed by atoms with Crippen LogP contribution in [-0.2, 0) is 10.3 Å². The number of hydrogen-bond acceptors (Lipinski definition) is 4. The van der Waals surface area contributed by atoms with E-state index < -0.39 is 0 Å². The zero-order chi connectivity index (χ0) is 13.0. The van der Waals surface area contributed by atoms with Gasteiger partial charge in [-0.15, -0.1) is 0 Å². The van der Waals surface area contributed by atoms with Crippen LogP contribution in [0.4, 0.5) is 0 Å². The molecular weight excluding hydrogens is 228 g/mol. The van der Waals surface area contributed by atoms with E-state index >= 15 is 0 Å². The molecule has 1 aromatic heterocycles. The standard InChI is InChI=1S/C14H22N2O2/c1-11-6-7-14(11,15)12-5-3-8-16-13(12)18-10-4-9-17-2/h3,5,8,11H,4,6-7,9-10,15H2,1-2H3. The predicted octanol–water partition coefficient (Wildman–Crippen LogP) is 2.08. The number of nitrogens with zero attached hydrogens (tertiary/aromatic N) is 1. The molecular formula is C14H22N2O2. The van der Waals surface area contributed by atoms with E-state index in [2.05, 4.69) is 11.9 Å². The Morgan fingerprint density at radius 3 is 2.94 bits per heavy atom. The van der Waals surface area contributed by atoms with Crippen LogP contribution in [0.3, 0.4) is 0 Å². The second kappa shape index (κ2) is 5.67. The maximum atomic E-state index is 6.45. The van der Waals surface area contributed by atoms with Crippen LogP contribution < -0.4 is 10.5 Å². The van der Waals surface area contributed by atoms with Crippen molar-refractivity contribution in [2.75, 3.05) is 20.3 Å². The lowest BCUT2D eigenvalue weighted by Crippen LogP contribution is -2.51. The first-order valence-electron chi connectivity index (χ1n) is 6.54. The van der Waals surface area contributed by atoms with Gasteiger partial charge in [-0.05, 0) is 24.8 Å². The van der Waals surface area contributed by atoms with Crippen molar-refractivity contribution in [2.45, 2.75) is 31.7 Å². The zero-order valence-corrected chi connectivity index (χ0v) is 11.2. The van der Waals surface area contributed by atoms with Gasteiger partial charge in [0.15, 0.2) is 0 Å². The van der Waals surface area contributed by atoms with Gasteiger partial charge >= 0.3 is 0 Å². The topological polar surface area (TPSA) is 57.4 Å². The lowest BCUT2D eigenvalue weighted by molar-refractivity contribution is 0.134. The average Bonchev–Trinajstić information content (AvgIpc) is 2.41. The van der Waals surface area contributed by atoms with Crippen LogP contribution in [0.25, 0.3) is 0 Å². The lowest BCUT2D eigenvalue weighted by Gasteiger charge is -2.45. The van der Waals surface area contributed by atoms with E-state index in [-0.39, 0.29) is 5.54 Å². The Balaban J connectivity index is 2.06. The maximum absolute atomic E-state index is 6.45. The fourth-order valence-electron chi connectivity index (χ4n) is 2.38. The summed E-state index contributed by atoms with van der Waals surface area (Å²) < 4.78 is 10.7. The molecule has 1 aliphatic rings. The number of aromatic nitrogens is 1. The third-order valence-corrected chi connectivity index (χ3v) is 3.87. The third-order valence-electron chi connectivity index (χ3n) is 3.87. The minimum atomic E-state index is -0.259. The molecule has 100 valence electrons. The minimum Gasteiger partial charge on any atom is -0.477 e. The molecule has 0 radical (unpaired) electrons. The van der Waals surface area contributed by atoms with Crippen molar-refractivity contribution in [1.29, 1.82) is 0 Å². The van der Waals surface area contributed by atoms with Crippen LogP contribution in [0.2, 0.25) is 0 Å². The summed E-state index contributed by atoms with van der Waals surface area (Å²) in [5.41, 5.74) is 7.24. The van der Waals surface area contributed by atoms with Crippen LogP contribution in [0.1, 0.15) is 31.7 Å². The molecule has 2 rings (SSSR count). The molecule has 0 aliphatic heterocycles. The van der Waals surface area contributed by atoms with Gasteiger partial charge in [0.2, 0.25) is 5.88 Å². The first-order valence-corrected chi connectivity index (χ1v) is 6.54. The van der Waals surface area contributed by atoms with E-state index in [0.717, 1.165) is 18.4 Å². The van der Waals surface area contributed by atoms with Crippen molar-refractivity contribution in [2.24, 2.45) is 11.7 Å². The summed E-state index contributed by atoms with van der Waals surface area (Å²) in [5, 5.41) is 0. The Kier molecular flexibility index (Phi) is 4.19. The number of hydrogen-bond donors (Lipinski definition) is 1. The van der Waals surface area contributed by atoms with Gasteiger partial charge in [-0.25, -0.2) is 4.98 Å². The van der Waals surface area contributed by atoms with Crippen LogP contribution >= 0.6 is 0 Å². The predicted molar refractivity (Wildman–Crippen MR) is 70.5 cm³/mol. The molecule has 18 heavy (non-hydrogen) atoms. The van der Waals surface area contributed by atoms with E-state index in [1.54, 1.807) is 13.3 Å². The van der Waals surface area contributed by atoms with Gasteiger partial charge in [0.05, 0.1) is 6.61 Å². The smallest absolute Gasteiger partial charge is 0.218 e. The Bertz CT molecular complexity index is 397. The van der Waals surface area contributed by atoms with Crippen LogP contribution in [0, 0.1) is 5.92 Å². The third kappa shape index (κ3) is 2.49. The second-order valence-electron chi connectivity index (χ2n) is 5.03. The van der Waals surface area contributed by atoms with E-state index in [4.69, 9.17) is 15.2 Å². The Morgan fingerprint density at radius 2 is 2.33 bits per heavy atom. The Labute approximate surface area is 108 Å². The normalized spacial score (nSPS) is 26.7. The van der Waals surface area contributed by atoms with E-state index in [1.807, 2.05) is 12.1 Å². The number of nitrogens with two attached hydrogens (primary N) is 1. The number of pyridine rings is 1. The number of ether oxygens (including phenoxy) is 2. The van der Waals surface area contributed by atoms with Crippen molar-refractivity contribution in [3.8, 4) is 5.88 Å². The summed E-state index contributed by atoms with van der Waals surface area (Å²) in [6.45, 7) is 3.50. The molecule has 2 N–H and O–H groups in total. The summed E-state index contributed by atoms with van der Waals surface area (Å²) in [7, 11) is 1.69. The molecule has 0 aromatic carbocycles. The van der Waals surface area contributed by atoms with E-state index in [9.17, 15) is 0 Å². The van der Waals surface area contributed by atoms with Gasteiger partial charge in [-0.3, -0.25) is 0 Å². The molecule has 1 aliphatic carbocycles. The second-order valence-corrected chi connectivity index (χ2v) is 5.03.